The summed E-state index contributed by atoms with van der Waals surface area (Å²) in [5.41, 5.74) is 16.3. The Bertz CT molecular complexity index is 3330. The van der Waals surface area contributed by atoms with E-state index in [0.29, 0.717) is 11.8 Å². The minimum atomic E-state index is -0.240. The second kappa shape index (κ2) is 15.0. The molecule has 0 spiro atoms. The van der Waals surface area contributed by atoms with Gasteiger partial charge >= 0.3 is 0 Å². The van der Waals surface area contributed by atoms with E-state index in [1.807, 2.05) is 6.20 Å². The summed E-state index contributed by atoms with van der Waals surface area (Å²) < 4.78 is 7.02. The van der Waals surface area contributed by atoms with Crippen LogP contribution in [0.15, 0.2) is 152 Å². The van der Waals surface area contributed by atoms with E-state index >= 15 is 0 Å². The Kier molecular flexibility index (Phi) is 9.59. The summed E-state index contributed by atoms with van der Waals surface area (Å²) in [5.74, 6) is 1.59. The standard InChI is InChI=1S/C58H57N5/c1-36(2)42-23-18-24-43(37(3)4)53(42)54-55(38-19-12-11-13-20-38)63(60-56(54)58(8,9)10)41-28-30-46-44-21-14-16-25-48(44)61(50(46)35-41)40-27-29-47-45-22-15-17-26-49(45)62(51(47)34-40)52-33-39(31-32-59-52)57(5,6)7/h11-37H,1-10H3. The third-order valence-corrected chi connectivity index (χ3v) is 12.9. The molecule has 0 saturated carbocycles. The van der Waals surface area contributed by atoms with Crippen molar-refractivity contribution in [3.63, 3.8) is 0 Å². The minimum absolute atomic E-state index is 0.0137. The van der Waals surface area contributed by atoms with Crippen molar-refractivity contribution in [2.24, 2.45) is 0 Å². The van der Waals surface area contributed by atoms with E-state index in [2.05, 4.69) is 229 Å². The first-order chi connectivity index (χ1) is 30.2. The van der Waals surface area contributed by atoms with Crippen LogP contribution in [-0.2, 0) is 10.8 Å². The van der Waals surface area contributed by atoms with Gasteiger partial charge in [0, 0.05) is 50.0 Å². The van der Waals surface area contributed by atoms with Crippen LogP contribution < -0.4 is 0 Å². The number of rotatable bonds is 7. The van der Waals surface area contributed by atoms with Crippen LogP contribution in [0, 0.1) is 0 Å². The molecule has 0 amide bonds. The molecule has 4 heterocycles. The molecule has 314 valence electrons. The lowest BCUT2D eigenvalue weighted by Gasteiger charge is -2.24. The van der Waals surface area contributed by atoms with Gasteiger partial charge in [0.05, 0.1) is 39.1 Å². The number of para-hydroxylation sites is 2. The molecule has 0 fully saturated rings. The van der Waals surface area contributed by atoms with Crippen molar-refractivity contribution in [2.75, 3.05) is 0 Å². The molecule has 63 heavy (non-hydrogen) atoms. The van der Waals surface area contributed by atoms with E-state index in [1.54, 1.807) is 0 Å². The summed E-state index contributed by atoms with van der Waals surface area (Å²) in [6.45, 7) is 22.9. The van der Waals surface area contributed by atoms with E-state index in [0.717, 1.165) is 56.2 Å². The highest BCUT2D eigenvalue weighted by atomic mass is 15.3. The molecule has 0 radical (unpaired) electrons. The quantitative estimate of drug-likeness (QED) is 0.161. The van der Waals surface area contributed by atoms with E-state index < -0.39 is 0 Å². The Morgan fingerprint density at radius 1 is 0.460 bits per heavy atom. The average molecular weight is 824 g/mol. The van der Waals surface area contributed by atoms with Gasteiger partial charge in [-0.25, -0.2) is 9.67 Å². The normalized spacial score (nSPS) is 12.6. The fraction of sp³-hybridized carbons (Fsp3) is 0.241. The molecule has 10 aromatic rings. The van der Waals surface area contributed by atoms with Gasteiger partial charge in [-0.2, -0.15) is 5.10 Å². The highest BCUT2D eigenvalue weighted by molar-refractivity contribution is 6.12. The van der Waals surface area contributed by atoms with Crippen LogP contribution >= 0.6 is 0 Å². The second-order valence-electron chi connectivity index (χ2n) is 20.0. The smallest absolute Gasteiger partial charge is 0.137 e. The fourth-order valence-electron chi connectivity index (χ4n) is 9.79. The third kappa shape index (κ3) is 6.68. The van der Waals surface area contributed by atoms with Crippen molar-refractivity contribution in [3.05, 3.63) is 174 Å². The summed E-state index contributed by atoms with van der Waals surface area (Å²) >= 11 is 0. The molecule has 0 saturated heterocycles. The molecule has 5 nitrogen and oxygen atoms in total. The Balaban J connectivity index is 1.27. The average Bonchev–Trinajstić information content (AvgIpc) is 3.94. The molecule has 5 heteroatoms. The predicted octanol–water partition coefficient (Wildman–Crippen LogP) is 15.6. The molecule has 0 unspecified atom stereocenters. The number of benzene rings is 6. The number of pyridine rings is 1. The van der Waals surface area contributed by atoms with Crippen LogP contribution in [0.2, 0.25) is 0 Å². The number of aromatic nitrogens is 5. The lowest BCUT2D eigenvalue weighted by Crippen LogP contribution is -2.15. The van der Waals surface area contributed by atoms with Gasteiger partial charge in [-0.1, -0.05) is 166 Å². The van der Waals surface area contributed by atoms with Crippen LogP contribution in [-0.4, -0.2) is 23.9 Å². The van der Waals surface area contributed by atoms with Crippen LogP contribution in [0.4, 0.5) is 0 Å². The van der Waals surface area contributed by atoms with Crippen molar-refractivity contribution in [1.82, 2.24) is 23.9 Å². The van der Waals surface area contributed by atoms with Crippen molar-refractivity contribution >= 4 is 43.6 Å². The molecule has 0 aliphatic rings. The highest BCUT2D eigenvalue weighted by Crippen LogP contribution is 2.47. The first kappa shape index (κ1) is 40.4. The lowest BCUT2D eigenvalue weighted by atomic mass is 9.79. The zero-order chi connectivity index (χ0) is 43.9. The third-order valence-electron chi connectivity index (χ3n) is 12.9. The van der Waals surface area contributed by atoms with E-state index in [4.69, 9.17) is 10.1 Å². The maximum Gasteiger partial charge on any atom is 0.137 e. The van der Waals surface area contributed by atoms with Crippen molar-refractivity contribution in [2.45, 2.75) is 91.9 Å². The summed E-state index contributed by atoms with van der Waals surface area (Å²) in [6.07, 6.45) is 1.95. The van der Waals surface area contributed by atoms with Gasteiger partial charge in [0.15, 0.2) is 0 Å². The molecule has 0 bridgehead atoms. The maximum atomic E-state index is 5.70. The summed E-state index contributed by atoms with van der Waals surface area (Å²) in [5, 5.41) is 10.5. The van der Waals surface area contributed by atoms with Gasteiger partial charge in [-0.05, 0) is 88.0 Å². The molecule has 0 aliphatic heterocycles. The fourth-order valence-corrected chi connectivity index (χ4v) is 9.79. The van der Waals surface area contributed by atoms with Gasteiger partial charge in [-0.15, -0.1) is 0 Å². The zero-order valence-electron chi connectivity index (χ0n) is 38.3. The summed E-state index contributed by atoms with van der Waals surface area (Å²) in [6, 6.07) is 53.5. The van der Waals surface area contributed by atoms with E-state index in [9.17, 15) is 0 Å². The molecule has 10 rings (SSSR count). The van der Waals surface area contributed by atoms with Crippen molar-refractivity contribution in [1.29, 1.82) is 0 Å². The number of fused-ring (bicyclic) bond motifs is 6. The molecule has 0 aliphatic carbocycles. The van der Waals surface area contributed by atoms with Gasteiger partial charge < -0.3 is 4.57 Å². The summed E-state index contributed by atoms with van der Waals surface area (Å²) in [7, 11) is 0. The van der Waals surface area contributed by atoms with E-state index in [-0.39, 0.29) is 10.8 Å². The largest absolute Gasteiger partial charge is 0.309 e. The van der Waals surface area contributed by atoms with E-state index in [1.165, 1.54) is 49.4 Å². The SMILES string of the molecule is CC(C)c1cccc(C(C)C)c1-c1c(C(C)(C)C)nn(-c2ccc3c4ccccc4n(-c4ccc5c6ccccc6n(-c6cc(C(C)(C)C)ccn6)c5c4)c3c2)c1-c1ccccc1. The number of nitrogens with zero attached hydrogens (tertiary/aromatic N) is 5. The van der Waals surface area contributed by atoms with Crippen LogP contribution in [0.25, 0.3) is 83.2 Å². The number of hydrogen-bond donors (Lipinski definition) is 0. The Morgan fingerprint density at radius 3 is 1.60 bits per heavy atom. The van der Waals surface area contributed by atoms with Crippen LogP contribution in [0.1, 0.15) is 103 Å². The van der Waals surface area contributed by atoms with Crippen LogP contribution in [0.3, 0.4) is 0 Å². The molecule has 4 aromatic heterocycles. The molecular weight excluding hydrogens is 767 g/mol. The lowest BCUT2D eigenvalue weighted by molar-refractivity contribution is 0.561. The molecule has 6 aromatic carbocycles. The predicted molar refractivity (Wildman–Crippen MR) is 266 cm³/mol. The van der Waals surface area contributed by atoms with Gasteiger partial charge in [0.1, 0.15) is 5.82 Å². The minimum Gasteiger partial charge on any atom is -0.309 e. The topological polar surface area (TPSA) is 40.6 Å². The first-order valence-electron chi connectivity index (χ1n) is 22.6. The maximum absolute atomic E-state index is 5.70. The zero-order valence-corrected chi connectivity index (χ0v) is 38.3. The molecule has 0 atom stereocenters. The van der Waals surface area contributed by atoms with Crippen molar-refractivity contribution < 1.29 is 0 Å². The molecule has 0 N–H and O–H groups in total. The Morgan fingerprint density at radius 2 is 1.00 bits per heavy atom. The Labute approximate surface area is 371 Å². The van der Waals surface area contributed by atoms with Gasteiger partial charge in [0.2, 0.25) is 0 Å². The number of hydrogen-bond acceptors (Lipinski definition) is 2. The highest BCUT2D eigenvalue weighted by Gasteiger charge is 2.32. The monoisotopic (exact) mass is 823 g/mol. The Hall–Kier alpha value is -6.72. The van der Waals surface area contributed by atoms with Gasteiger partial charge in [0.25, 0.3) is 0 Å². The van der Waals surface area contributed by atoms with Crippen molar-refractivity contribution in [3.8, 4) is 39.6 Å². The van der Waals surface area contributed by atoms with Crippen LogP contribution in [0.5, 0.6) is 0 Å². The second-order valence-corrected chi connectivity index (χ2v) is 20.0. The summed E-state index contributed by atoms with van der Waals surface area (Å²) in [4.78, 5) is 4.99. The van der Waals surface area contributed by atoms with Gasteiger partial charge in [-0.3, -0.25) is 4.57 Å². The first-order valence-corrected chi connectivity index (χ1v) is 22.6. The molecular formula is C58H57N5.